The number of pyridine rings is 1. The molecule has 0 saturated heterocycles. The molecule has 0 spiro atoms. The Morgan fingerprint density at radius 2 is 2.17 bits per heavy atom. The first kappa shape index (κ1) is 16.5. The lowest BCUT2D eigenvalue weighted by Gasteiger charge is -2.24. The molecular weight excluding hydrogens is 302 g/mol. The van der Waals surface area contributed by atoms with Gasteiger partial charge >= 0.3 is 6.03 Å². The van der Waals surface area contributed by atoms with Crippen LogP contribution in [0.2, 0.25) is 0 Å². The minimum absolute atomic E-state index is 0.0244. The standard InChI is InChI=1S/C18H25N5O/c1-13-15(12-21-23(13)2)11-20-18(24)22-17(14-7-3-4-8-14)16-9-5-6-10-19-16/h5-6,9-10,12,14,17H,3-4,7-8,11H2,1-2H3,(H2,20,22,24)/t17-/m1/s1. The maximum atomic E-state index is 12.4. The summed E-state index contributed by atoms with van der Waals surface area (Å²) in [6.45, 7) is 2.47. The maximum absolute atomic E-state index is 12.4. The van der Waals surface area contributed by atoms with Crippen molar-refractivity contribution in [3.05, 3.63) is 47.5 Å². The number of hydrogen-bond donors (Lipinski definition) is 2. The normalized spacial score (nSPS) is 16.1. The van der Waals surface area contributed by atoms with Crippen LogP contribution in [0.1, 0.15) is 48.7 Å². The summed E-state index contributed by atoms with van der Waals surface area (Å²) in [5, 5.41) is 10.3. The minimum Gasteiger partial charge on any atom is -0.334 e. The first-order chi connectivity index (χ1) is 11.6. The van der Waals surface area contributed by atoms with E-state index in [9.17, 15) is 4.79 Å². The summed E-state index contributed by atoms with van der Waals surface area (Å²) in [7, 11) is 1.90. The second-order valence-corrected chi connectivity index (χ2v) is 6.48. The van der Waals surface area contributed by atoms with E-state index in [1.54, 1.807) is 12.4 Å². The van der Waals surface area contributed by atoms with Crippen molar-refractivity contribution in [1.82, 2.24) is 25.4 Å². The van der Waals surface area contributed by atoms with E-state index < -0.39 is 0 Å². The van der Waals surface area contributed by atoms with Crippen molar-refractivity contribution in [2.45, 2.75) is 45.2 Å². The zero-order chi connectivity index (χ0) is 16.9. The third-order valence-electron chi connectivity index (χ3n) is 4.94. The van der Waals surface area contributed by atoms with Gasteiger partial charge in [-0.15, -0.1) is 0 Å². The highest BCUT2D eigenvalue weighted by atomic mass is 16.2. The molecule has 1 atom stereocenters. The van der Waals surface area contributed by atoms with Crippen LogP contribution in [0.25, 0.3) is 0 Å². The molecule has 2 aromatic rings. The van der Waals surface area contributed by atoms with Crippen molar-refractivity contribution in [1.29, 1.82) is 0 Å². The molecule has 2 amide bonds. The van der Waals surface area contributed by atoms with Crippen LogP contribution in [0.5, 0.6) is 0 Å². The number of nitrogens with one attached hydrogen (secondary N) is 2. The first-order valence-electron chi connectivity index (χ1n) is 8.58. The fourth-order valence-corrected chi connectivity index (χ4v) is 3.37. The van der Waals surface area contributed by atoms with E-state index in [4.69, 9.17) is 0 Å². The van der Waals surface area contributed by atoms with E-state index >= 15 is 0 Å². The molecule has 1 fully saturated rings. The molecule has 0 bridgehead atoms. The molecule has 2 aromatic heterocycles. The molecule has 128 valence electrons. The van der Waals surface area contributed by atoms with Crippen LogP contribution in [-0.4, -0.2) is 20.8 Å². The SMILES string of the molecule is Cc1c(CNC(=O)N[C@@H](c2ccccn2)C2CCCC2)cnn1C. The number of hydrogen-bond acceptors (Lipinski definition) is 3. The fraction of sp³-hybridized carbons (Fsp3) is 0.500. The van der Waals surface area contributed by atoms with E-state index in [1.165, 1.54) is 12.8 Å². The second-order valence-electron chi connectivity index (χ2n) is 6.48. The second kappa shape index (κ2) is 7.47. The van der Waals surface area contributed by atoms with Crippen LogP contribution in [-0.2, 0) is 13.6 Å². The summed E-state index contributed by atoms with van der Waals surface area (Å²) in [4.78, 5) is 16.9. The molecule has 0 aliphatic heterocycles. The third kappa shape index (κ3) is 3.75. The van der Waals surface area contributed by atoms with Crippen LogP contribution in [0.15, 0.2) is 30.6 Å². The number of urea groups is 1. The number of carbonyl (C=O) groups is 1. The van der Waals surface area contributed by atoms with Crippen LogP contribution >= 0.6 is 0 Å². The van der Waals surface area contributed by atoms with E-state index in [-0.39, 0.29) is 12.1 Å². The average molecular weight is 327 g/mol. The Morgan fingerprint density at radius 3 is 2.79 bits per heavy atom. The highest BCUT2D eigenvalue weighted by Gasteiger charge is 2.28. The first-order valence-corrected chi connectivity index (χ1v) is 8.58. The van der Waals surface area contributed by atoms with E-state index in [1.807, 2.05) is 36.9 Å². The molecule has 0 unspecified atom stereocenters. The Hall–Kier alpha value is -2.37. The van der Waals surface area contributed by atoms with Gasteiger partial charge in [-0.2, -0.15) is 5.10 Å². The van der Waals surface area contributed by atoms with Gasteiger partial charge < -0.3 is 10.6 Å². The molecule has 6 nitrogen and oxygen atoms in total. The smallest absolute Gasteiger partial charge is 0.315 e. The summed E-state index contributed by atoms with van der Waals surface area (Å²) >= 11 is 0. The zero-order valence-corrected chi connectivity index (χ0v) is 14.3. The Bertz CT molecular complexity index is 676. The van der Waals surface area contributed by atoms with Gasteiger partial charge in [-0.05, 0) is 37.8 Å². The van der Waals surface area contributed by atoms with Gasteiger partial charge in [-0.25, -0.2) is 4.79 Å². The van der Waals surface area contributed by atoms with Crippen molar-refractivity contribution in [2.24, 2.45) is 13.0 Å². The van der Waals surface area contributed by atoms with Gasteiger partial charge in [0, 0.05) is 31.0 Å². The van der Waals surface area contributed by atoms with Crippen molar-refractivity contribution >= 4 is 6.03 Å². The predicted octanol–water partition coefficient (Wildman–Crippen LogP) is 2.85. The van der Waals surface area contributed by atoms with Gasteiger partial charge in [0.25, 0.3) is 0 Å². The average Bonchev–Trinajstić information content (AvgIpc) is 3.23. The van der Waals surface area contributed by atoms with Crippen LogP contribution in [0.4, 0.5) is 4.79 Å². The van der Waals surface area contributed by atoms with E-state index in [0.717, 1.165) is 29.8 Å². The molecule has 1 saturated carbocycles. The van der Waals surface area contributed by atoms with Gasteiger partial charge in [-0.3, -0.25) is 9.67 Å². The number of aryl methyl sites for hydroxylation is 1. The monoisotopic (exact) mass is 327 g/mol. The van der Waals surface area contributed by atoms with E-state index in [2.05, 4.69) is 20.7 Å². The number of carbonyl (C=O) groups excluding carboxylic acids is 1. The molecular formula is C18H25N5O. The Kier molecular flexibility index (Phi) is 5.13. The summed E-state index contributed by atoms with van der Waals surface area (Å²) < 4.78 is 1.81. The summed E-state index contributed by atoms with van der Waals surface area (Å²) in [6, 6.07) is 5.70. The maximum Gasteiger partial charge on any atom is 0.315 e. The number of amides is 2. The van der Waals surface area contributed by atoms with Gasteiger partial charge in [0.1, 0.15) is 0 Å². The quantitative estimate of drug-likeness (QED) is 0.887. The molecule has 2 N–H and O–H groups in total. The zero-order valence-electron chi connectivity index (χ0n) is 14.3. The topological polar surface area (TPSA) is 71.8 Å². The Labute approximate surface area is 142 Å². The van der Waals surface area contributed by atoms with Gasteiger partial charge in [-0.1, -0.05) is 18.9 Å². The van der Waals surface area contributed by atoms with Crippen LogP contribution < -0.4 is 10.6 Å². The molecule has 1 aliphatic carbocycles. The fourth-order valence-electron chi connectivity index (χ4n) is 3.37. The molecule has 24 heavy (non-hydrogen) atoms. The highest BCUT2D eigenvalue weighted by molar-refractivity contribution is 5.74. The third-order valence-corrected chi connectivity index (χ3v) is 4.94. The van der Waals surface area contributed by atoms with Gasteiger partial charge in [0.05, 0.1) is 17.9 Å². The predicted molar refractivity (Wildman–Crippen MR) is 92.3 cm³/mol. The molecule has 0 radical (unpaired) electrons. The van der Waals surface area contributed by atoms with Gasteiger partial charge in [0.2, 0.25) is 0 Å². The van der Waals surface area contributed by atoms with Gasteiger partial charge in [0.15, 0.2) is 0 Å². The lowest BCUT2D eigenvalue weighted by atomic mass is 9.95. The highest BCUT2D eigenvalue weighted by Crippen LogP contribution is 2.34. The van der Waals surface area contributed by atoms with Crippen molar-refractivity contribution in [3.8, 4) is 0 Å². The van der Waals surface area contributed by atoms with Crippen LogP contribution in [0.3, 0.4) is 0 Å². The summed E-state index contributed by atoms with van der Waals surface area (Å²) in [5.74, 6) is 0.464. The lowest BCUT2D eigenvalue weighted by molar-refractivity contribution is 0.230. The number of aromatic nitrogens is 3. The molecule has 1 aliphatic rings. The van der Waals surface area contributed by atoms with Crippen molar-refractivity contribution in [2.75, 3.05) is 0 Å². The largest absolute Gasteiger partial charge is 0.334 e. The van der Waals surface area contributed by atoms with Crippen LogP contribution in [0, 0.1) is 12.8 Å². The lowest BCUT2D eigenvalue weighted by Crippen LogP contribution is -2.40. The molecule has 0 aromatic carbocycles. The Balaban J connectivity index is 1.63. The summed E-state index contributed by atoms with van der Waals surface area (Å²) in [6.07, 6.45) is 8.32. The summed E-state index contributed by atoms with van der Waals surface area (Å²) in [5.41, 5.74) is 3.03. The number of nitrogens with zero attached hydrogens (tertiary/aromatic N) is 3. The molecule has 3 rings (SSSR count). The Morgan fingerprint density at radius 1 is 1.38 bits per heavy atom. The minimum atomic E-state index is -0.152. The number of rotatable bonds is 5. The molecule has 2 heterocycles. The van der Waals surface area contributed by atoms with E-state index in [0.29, 0.717) is 12.5 Å². The van der Waals surface area contributed by atoms with Crippen molar-refractivity contribution in [3.63, 3.8) is 0 Å². The van der Waals surface area contributed by atoms with Crippen molar-refractivity contribution < 1.29 is 4.79 Å². The molecule has 6 heteroatoms.